The third-order valence-corrected chi connectivity index (χ3v) is 3.28. The number of hydrogen-bond donors (Lipinski definition) is 0. The molecule has 2 rings (SSSR count). The van der Waals surface area contributed by atoms with E-state index in [1.165, 1.54) is 6.20 Å². The zero-order chi connectivity index (χ0) is 14.9. The van der Waals surface area contributed by atoms with Crippen molar-refractivity contribution in [2.75, 3.05) is 20.6 Å². The smallest absolute Gasteiger partial charge is 0.230 e. The summed E-state index contributed by atoms with van der Waals surface area (Å²) in [5, 5.41) is 8.74. The highest BCUT2D eigenvalue weighted by Crippen LogP contribution is 2.19. The van der Waals surface area contributed by atoms with Gasteiger partial charge in [-0.25, -0.2) is 0 Å². The molecule has 0 spiro atoms. The Hall–Kier alpha value is -1.66. The van der Waals surface area contributed by atoms with Crippen molar-refractivity contribution < 1.29 is 4.79 Å². The topological polar surface area (TPSA) is 56.0 Å². The van der Waals surface area contributed by atoms with Crippen molar-refractivity contribution >= 4 is 17.4 Å². The van der Waals surface area contributed by atoms with E-state index < -0.39 is 0 Å². The molecule has 0 aliphatic carbocycles. The Morgan fingerprint density at radius 3 is 2.70 bits per heavy atom. The van der Waals surface area contributed by atoms with Crippen LogP contribution < -0.4 is 0 Å². The van der Waals surface area contributed by atoms with Crippen LogP contribution in [0.15, 0.2) is 12.3 Å². The second-order valence-electron chi connectivity index (χ2n) is 4.99. The Morgan fingerprint density at radius 1 is 1.45 bits per heavy atom. The Labute approximate surface area is 122 Å². The van der Waals surface area contributed by atoms with Gasteiger partial charge in [-0.3, -0.25) is 14.2 Å². The highest BCUT2D eigenvalue weighted by Gasteiger charge is 2.22. The molecule has 0 radical (unpaired) electrons. The van der Waals surface area contributed by atoms with Crippen molar-refractivity contribution in [3.63, 3.8) is 0 Å². The summed E-state index contributed by atoms with van der Waals surface area (Å²) >= 11 is 6.12. The van der Waals surface area contributed by atoms with Crippen molar-refractivity contribution in [3.05, 3.63) is 34.4 Å². The molecule has 0 saturated carbocycles. The third kappa shape index (κ3) is 2.91. The number of carbonyl (C=O) groups is 1. The molecule has 0 N–H and O–H groups in total. The van der Waals surface area contributed by atoms with Crippen LogP contribution >= 0.6 is 11.6 Å². The van der Waals surface area contributed by atoms with E-state index in [1.807, 2.05) is 25.9 Å². The van der Waals surface area contributed by atoms with Crippen molar-refractivity contribution in [2.45, 2.75) is 13.5 Å². The normalized spacial score (nSPS) is 11.3. The van der Waals surface area contributed by atoms with Gasteiger partial charge in [-0.2, -0.15) is 10.2 Å². The van der Waals surface area contributed by atoms with Gasteiger partial charge in [-0.1, -0.05) is 11.6 Å². The molecule has 108 valence electrons. The van der Waals surface area contributed by atoms with Gasteiger partial charge in [0.05, 0.1) is 23.5 Å². The van der Waals surface area contributed by atoms with E-state index in [9.17, 15) is 4.79 Å². The number of halogens is 1. The molecule has 0 bridgehead atoms. The zero-order valence-corrected chi connectivity index (χ0v) is 12.8. The highest BCUT2D eigenvalue weighted by atomic mass is 35.5. The van der Waals surface area contributed by atoms with Gasteiger partial charge >= 0.3 is 0 Å². The molecule has 20 heavy (non-hydrogen) atoms. The van der Waals surface area contributed by atoms with Gasteiger partial charge in [0, 0.05) is 13.6 Å². The minimum Gasteiger partial charge on any atom is -0.308 e. The molecule has 0 fully saturated rings. The molecule has 2 heterocycles. The van der Waals surface area contributed by atoms with E-state index in [0.29, 0.717) is 23.0 Å². The van der Waals surface area contributed by atoms with Crippen LogP contribution in [-0.2, 0) is 13.6 Å². The third-order valence-electron chi connectivity index (χ3n) is 3.00. The lowest BCUT2D eigenvalue weighted by Gasteiger charge is -2.11. The maximum atomic E-state index is 12.6. The van der Waals surface area contributed by atoms with Crippen LogP contribution in [0.25, 0.3) is 0 Å². The summed E-state index contributed by atoms with van der Waals surface area (Å²) in [4.78, 5) is 14.6. The van der Waals surface area contributed by atoms with Crippen LogP contribution in [0, 0.1) is 6.92 Å². The minimum absolute atomic E-state index is 0.158. The van der Waals surface area contributed by atoms with Crippen LogP contribution in [0.2, 0.25) is 5.02 Å². The monoisotopic (exact) mass is 295 g/mol. The fourth-order valence-electron chi connectivity index (χ4n) is 2.00. The van der Waals surface area contributed by atoms with E-state index in [-0.39, 0.29) is 5.78 Å². The lowest BCUT2D eigenvalue weighted by Crippen LogP contribution is -2.22. The Balaban J connectivity index is 2.34. The maximum Gasteiger partial charge on any atom is 0.230 e. The van der Waals surface area contributed by atoms with Gasteiger partial charge in [0.15, 0.2) is 0 Å². The molecule has 2 aromatic heterocycles. The summed E-state index contributed by atoms with van der Waals surface area (Å²) in [6, 6.07) is 1.75. The first-order valence-corrected chi connectivity index (χ1v) is 6.69. The second kappa shape index (κ2) is 5.76. The first kappa shape index (κ1) is 14.7. The number of likely N-dealkylation sites (N-methyl/N-ethyl adjacent to an activating group) is 1. The highest BCUT2D eigenvalue weighted by molar-refractivity contribution is 6.34. The number of aromatic nitrogens is 4. The van der Waals surface area contributed by atoms with Crippen LogP contribution in [0.3, 0.4) is 0 Å². The molecule has 7 heteroatoms. The minimum atomic E-state index is -0.158. The Bertz CT molecular complexity index is 629. The zero-order valence-electron chi connectivity index (χ0n) is 12.1. The van der Waals surface area contributed by atoms with Crippen LogP contribution in [0.5, 0.6) is 0 Å². The van der Waals surface area contributed by atoms with E-state index >= 15 is 0 Å². The quantitative estimate of drug-likeness (QED) is 0.782. The molecule has 0 amide bonds. The average molecular weight is 296 g/mol. The molecule has 0 aliphatic heterocycles. The number of hydrogen-bond acceptors (Lipinski definition) is 4. The molecule has 6 nitrogen and oxygen atoms in total. The molecule has 2 aromatic rings. The van der Waals surface area contributed by atoms with Gasteiger partial charge in [-0.05, 0) is 27.1 Å². The number of nitrogens with zero attached hydrogens (tertiary/aromatic N) is 5. The molecule has 0 saturated heterocycles. The number of ketones is 1. The molecular weight excluding hydrogens is 278 g/mol. The first-order valence-electron chi connectivity index (χ1n) is 6.31. The van der Waals surface area contributed by atoms with E-state index in [0.717, 1.165) is 12.2 Å². The average Bonchev–Trinajstić information content (AvgIpc) is 2.89. The molecule has 0 aromatic carbocycles. The van der Waals surface area contributed by atoms with Gasteiger partial charge in [0.1, 0.15) is 11.4 Å². The van der Waals surface area contributed by atoms with Crippen molar-refractivity contribution in [2.24, 2.45) is 7.05 Å². The molecule has 0 unspecified atom stereocenters. The van der Waals surface area contributed by atoms with Crippen LogP contribution in [0.4, 0.5) is 0 Å². The lowest BCUT2D eigenvalue weighted by molar-refractivity contribution is 0.101. The van der Waals surface area contributed by atoms with Crippen LogP contribution in [0.1, 0.15) is 21.9 Å². The molecule has 0 atom stereocenters. The predicted molar refractivity (Wildman–Crippen MR) is 77.2 cm³/mol. The summed E-state index contributed by atoms with van der Waals surface area (Å²) in [6.45, 7) is 3.24. The summed E-state index contributed by atoms with van der Waals surface area (Å²) in [7, 11) is 5.68. The van der Waals surface area contributed by atoms with Gasteiger partial charge < -0.3 is 4.90 Å². The van der Waals surface area contributed by atoms with E-state index in [1.54, 1.807) is 22.5 Å². The summed E-state index contributed by atoms with van der Waals surface area (Å²) in [5.41, 5.74) is 1.72. The van der Waals surface area contributed by atoms with Gasteiger partial charge in [-0.15, -0.1) is 0 Å². The lowest BCUT2D eigenvalue weighted by atomic mass is 10.2. The summed E-state index contributed by atoms with van der Waals surface area (Å²) in [5.74, 6) is -0.158. The van der Waals surface area contributed by atoms with Crippen molar-refractivity contribution in [1.29, 1.82) is 0 Å². The SMILES string of the molecule is Cc1cc(C(=O)c2c(Cl)cnn2CCN(C)C)n(C)n1. The predicted octanol–water partition coefficient (Wildman–Crippen LogP) is 1.37. The first-order chi connectivity index (χ1) is 9.40. The molecule has 0 aliphatic rings. The molecular formula is C13H18ClN5O. The van der Waals surface area contributed by atoms with E-state index in [2.05, 4.69) is 10.2 Å². The maximum absolute atomic E-state index is 12.6. The fraction of sp³-hybridized carbons (Fsp3) is 0.462. The van der Waals surface area contributed by atoms with Crippen LogP contribution in [-0.4, -0.2) is 50.9 Å². The number of aryl methyl sites for hydroxylation is 2. The second-order valence-corrected chi connectivity index (χ2v) is 5.40. The van der Waals surface area contributed by atoms with Gasteiger partial charge in [0.25, 0.3) is 0 Å². The fourth-order valence-corrected chi connectivity index (χ4v) is 2.22. The van der Waals surface area contributed by atoms with Crippen molar-refractivity contribution in [1.82, 2.24) is 24.5 Å². The summed E-state index contributed by atoms with van der Waals surface area (Å²) < 4.78 is 3.21. The Morgan fingerprint density at radius 2 is 2.15 bits per heavy atom. The number of carbonyl (C=O) groups excluding carboxylic acids is 1. The largest absolute Gasteiger partial charge is 0.308 e. The van der Waals surface area contributed by atoms with Crippen molar-refractivity contribution in [3.8, 4) is 0 Å². The van der Waals surface area contributed by atoms with E-state index in [4.69, 9.17) is 11.6 Å². The Kier molecular flexibility index (Phi) is 4.25. The van der Waals surface area contributed by atoms with Gasteiger partial charge in [0.2, 0.25) is 5.78 Å². The summed E-state index contributed by atoms with van der Waals surface area (Å²) in [6.07, 6.45) is 1.51. The number of rotatable bonds is 5. The standard InChI is InChI=1S/C13H18ClN5O/c1-9-7-11(18(4)16-9)13(20)12-10(14)8-15-19(12)6-5-17(2)3/h7-8H,5-6H2,1-4H3.